The fraction of sp³-hybridized carbons (Fsp3) is 0.933. The van der Waals surface area contributed by atoms with E-state index >= 15 is 0 Å². The first kappa shape index (κ1) is 16.4. The molecule has 19 heavy (non-hydrogen) atoms. The highest BCUT2D eigenvalue weighted by molar-refractivity contribution is 5.83. The Morgan fingerprint density at radius 3 is 2.42 bits per heavy atom. The molecule has 0 bridgehead atoms. The molecule has 112 valence electrons. The Morgan fingerprint density at radius 1 is 1.32 bits per heavy atom. The van der Waals surface area contributed by atoms with Crippen LogP contribution in [0.4, 0.5) is 0 Å². The Balaban J connectivity index is 2.65. The summed E-state index contributed by atoms with van der Waals surface area (Å²) in [5, 5.41) is 3.16. The minimum Gasteiger partial charge on any atom is -0.383 e. The van der Waals surface area contributed by atoms with Crippen LogP contribution < -0.4 is 11.1 Å². The van der Waals surface area contributed by atoms with Gasteiger partial charge in [-0.3, -0.25) is 4.79 Å². The molecular weight excluding hydrogens is 240 g/mol. The summed E-state index contributed by atoms with van der Waals surface area (Å²) in [4.78, 5) is 12.6. The van der Waals surface area contributed by atoms with E-state index in [1.54, 1.807) is 7.11 Å². The SMILES string of the molecule is CCCC(COC)NC(=O)C1(CN)CCCCCC1. The van der Waals surface area contributed by atoms with Crippen molar-refractivity contribution in [1.29, 1.82) is 0 Å². The first-order valence-corrected chi connectivity index (χ1v) is 7.68. The lowest BCUT2D eigenvalue weighted by atomic mass is 9.79. The molecule has 0 heterocycles. The molecule has 0 aliphatic heterocycles. The largest absolute Gasteiger partial charge is 0.383 e. The molecule has 0 saturated heterocycles. The predicted molar refractivity (Wildman–Crippen MR) is 77.9 cm³/mol. The summed E-state index contributed by atoms with van der Waals surface area (Å²) in [6, 6.07) is 0.120. The number of rotatable bonds is 7. The Bertz CT molecular complexity index is 255. The van der Waals surface area contributed by atoms with Crippen molar-refractivity contribution < 1.29 is 9.53 Å². The average Bonchev–Trinajstić information content (AvgIpc) is 2.65. The standard InChI is InChI=1S/C15H30N2O2/c1-3-8-13(11-19-2)17-14(18)15(12-16)9-6-4-5-7-10-15/h13H,3-12,16H2,1-2H3,(H,17,18). The predicted octanol–water partition coefficient (Wildman–Crippen LogP) is 2.22. The summed E-state index contributed by atoms with van der Waals surface area (Å²) in [6.07, 6.45) is 8.56. The topological polar surface area (TPSA) is 64.3 Å². The normalized spacial score (nSPS) is 20.6. The van der Waals surface area contributed by atoms with Gasteiger partial charge in [0.15, 0.2) is 0 Å². The van der Waals surface area contributed by atoms with E-state index in [0.29, 0.717) is 13.2 Å². The van der Waals surface area contributed by atoms with Crippen molar-refractivity contribution in [3.8, 4) is 0 Å². The fourth-order valence-corrected chi connectivity index (χ4v) is 3.01. The number of ether oxygens (including phenoxy) is 1. The number of amides is 1. The molecule has 1 amide bonds. The van der Waals surface area contributed by atoms with Crippen LogP contribution in [0.15, 0.2) is 0 Å². The van der Waals surface area contributed by atoms with Gasteiger partial charge >= 0.3 is 0 Å². The first-order valence-electron chi connectivity index (χ1n) is 7.68. The molecule has 1 rings (SSSR count). The monoisotopic (exact) mass is 270 g/mol. The van der Waals surface area contributed by atoms with E-state index in [1.807, 2.05) is 0 Å². The van der Waals surface area contributed by atoms with Gasteiger partial charge in [-0.1, -0.05) is 39.0 Å². The first-order chi connectivity index (χ1) is 9.18. The van der Waals surface area contributed by atoms with Crippen LogP contribution in [0.3, 0.4) is 0 Å². The van der Waals surface area contributed by atoms with Crippen LogP contribution in [-0.2, 0) is 9.53 Å². The second kappa shape index (κ2) is 8.54. The summed E-state index contributed by atoms with van der Waals surface area (Å²) in [6.45, 7) is 3.17. The van der Waals surface area contributed by atoms with Crippen molar-refractivity contribution >= 4 is 5.91 Å². The van der Waals surface area contributed by atoms with Crippen LogP contribution >= 0.6 is 0 Å². The van der Waals surface area contributed by atoms with E-state index < -0.39 is 0 Å². The van der Waals surface area contributed by atoms with Gasteiger partial charge in [-0.05, 0) is 19.3 Å². The summed E-state index contributed by atoms with van der Waals surface area (Å²) in [5.41, 5.74) is 5.60. The van der Waals surface area contributed by atoms with Gasteiger partial charge in [0, 0.05) is 13.7 Å². The highest BCUT2D eigenvalue weighted by Crippen LogP contribution is 2.34. The Hall–Kier alpha value is -0.610. The third-order valence-electron chi connectivity index (χ3n) is 4.27. The second-order valence-corrected chi connectivity index (χ2v) is 5.81. The molecule has 1 saturated carbocycles. The maximum absolute atomic E-state index is 12.6. The van der Waals surface area contributed by atoms with Gasteiger partial charge in [-0.2, -0.15) is 0 Å². The molecule has 1 fully saturated rings. The summed E-state index contributed by atoms with van der Waals surface area (Å²) in [7, 11) is 1.68. The van der Waals surface area contributed by atoms with Crippen molar-refractivity contribution in [1.82, 2.24) is 5.32 Å². The van der Waals surface area contributed by atoms with Gasteiger partial charge < -0.3 is 15.8 Å². The van der Waals surface area contributed by atoms with E-state index in [4.69, 9.17) is 10.5 Å². The fourth-order valence-electron chi connectivity index (χ4n) is 3.01. The van der Waals surface area contributed by atoms with Crippen molar-refractivity contribution in [2.75, 3.05) is 20.3 Å². The zero-order valence-corrected chi connectivity index (χ0v) is 12.5. The van der Waals surface area contributed by atoms with Crippen LogP contribution in [0.25, 0.3) is 0 Å². The maximum Gasteiger partial charge on any atom is 0.227 e. The number of carbonyl (C=O) groups is 1. The lowest BCUT2D eigenvalue weighted by Crippen LogP contribution is -2.50. The molecule has 0 spiro atoms. The molecule has 4 nitrogen and oxygen atoms in total. The van der Waals surface area contributed by atoms with Crippen molar-refractivity contribution in [2.45, 2.75) is 64.3 Å². The summed E-state index contributed by atoms with van der Waals surface area (Å²) in [5.74, 6) is 0.146. The van der Waals surface area contributed by atoms with E-state index in [-0.39, 0.29) is 17.4 Å². The van der Waals surface area contributed by atoms with E-state index in [2.05, 4.69) is 12.2 Å². The van der Waals surface area contributed by atoms with E-state index in [0.717, 1.165) is 38.5 Å². The molecule has 4 heteroatoms. The third-order valence-corrected chi connectivity index (χ3v) is 4.27. The van der Waals surface area contributed by atoms with Crippen molar-refractivity contribution in [3.63, 3.8) is 0 Å². The number of carbonyl (C=O) groups excluding carboxylic acids is 1. The zero-order chi connectivity index (χ0) is 14.1. The minimum absolute atomic E-state index is 0.120. The number of nitrogens with two attached hydrogens (primary N) is 1. The lowest BCUT2D eigenvalue weighted by Gasteiger charge is -2.32. The number of hydrogen-bond acceptors (Lipinski definition) is 3. The van der Waals surface area contributed by atoms with Gasteiger partial charge in [0.25, 0.3) is 0 Å². The van der Waals surface area contributed by atoms with Crippen LogP contribution in [0.5, 0.6) is 0 Å². The lowest BCUT2D eigenvalue weighted by molar-refractivity contribution is -0.132. The maximum atomic E-state index is 12.6. The Kier molecular flexibility index (Phi) is 7.39. The second-order valence-electron chi connectivity index (χ2n) is 5.81. The number of methoxy groups -OCH3 is 1. The molecule has 0 aromatic rings. The molecular formula is C15H30N2O2. The van der Waals surface area contributed by atoms with Crippen molar-refractivity contribution in [2.24, 2.45) is 11.1 Å². The molecule has 3 N–H and O–H groups in total. The van der Waals surface area contributed by atoms with Crippen molar-refractivity contribution in [3.05, 3.63) is 0 Å². The Morgan fingerprint density at radius 2 is 1.95 bits per heavy atom. The molecule has 1 unspecified atom stereocenters. The van der Waals surface area contributed by atoms with Crippen LogP contribution in [0.2, 0.25) is 0 Å². The highest BCUT2D eigenvalue weighted by atomic mass is 16.5. The quantitative estimate of drug-likeness (QED) is 0.697. The van der Waals surface area contributed by atoms with Gasteiger partial charge in [0.05, 0.1) is 18.1 Å². The van der Waals surface area contributed by atoms with E-state index in [9.17, 15) is 4.79 Å². The third kappa shape index (κ3) is 4.77. The molecule has 1 aliphatic carbocycles. The zero-order valence-electron chi connectivity index (χ0n) is 12.5. The smallest absolute Gasteiger partial charge is 0.227 e. The van der Waals surface area contributed by atoms with Crippen LogP contribution in [0.1, 0.15) is 58.3 Å². The van der Waals surface area contributed by atoms with Gasteiger partial charge in [-0.15, -0.1) is 0 Å². The molecule has 1 atom stereocenters. The molecule has 0 aromatic carbocycles. The highest BCUT2D eigenvalue weighted by Gasteiger charge is 2.37. The number of nitrogens with one attached hydrogen (secondary N) is 1. The van der Waals surface area contributed by atoms with Crippen LogP contribution in [0, 0.1) is 5.41 Å². The van der Waals surface area contributed by atoms with E-state index in [1.165, 1.54) is 12.8 Å². The van der Waals surface area contributed by atoms with Gasteiger partial charge in [-0.25, -0.2) is 0 Å². The minimum atomic E-state index is -0.337. The van der Waals surface area contributed by atoms with Crippen LogP contribution in [-0.4, -0.2) is 32.2 Å². The number of hydrogen-bond donors (Lipinski definition) is 2. The average molecular weight is 270 g/mol. The van der Waals surface area contributed by atoms with Gasteiger partial charge in [0.1, 0.15) is 0 Å². The summed E-state index contributed by atoms with van der Waals surface area (Å²) >= 11 is 0. The summed E-state index contributed by atoms with van der Waals surface area (Å²) < 4.78 is 5.19. The van der Waals surface area contributed by atoms with Gasteiger partial charge in [0.2, 0.25) is 5.91 Å². The molecule has 0 radical (unpaired) electrons. The molecule has 0 aromatic heterocycles. The Labute approximate surface area is 117 Å². The molecule has 1 aliphatic rings.